The molecule has 144 valence electrons. The Morgan fingerprint density at radius 3 is 2.04 bits per heavy atom. The van der Waals surface area contributed by atoms with Crippen LogP contribution in [0.15, 0.2) is 34.1 Å². The number of sulfonamides is 2. The van der Waals surface area contributed by atoms with Gasteiger partial charge in [-0.25, -0.2) is 26.3 Å². The first-order chi connectivity index (χ1) is 11.3. The molecule has 25 heavy (non-hydrogen) atoms. The molecule has 1 saturated carbocycles. The predicted octanol–water partition coefficient (Wildman–Crippen LogP) is 1.34. The zero-order chi connectivity index (χ0) is 17.8. The lowest BCUT2D eigenvalue weighted by Gasteiger charge is -2.16. The quantitative estimate of drug-likeness (QED) is 0.537. The van der Waals surface area contributed by atoms with Gasteiger partial charge in [-0.3, -0.25) is 0 Å². The maximum Gasteiger partial charge on any atom is 0.240 e. The van der Waals surface area contributed by atoms with Gasteiger partial charge in [0, 0.05) is 18.6 Å². The van der Waals surface area contributed by atoms with Crippen LogP contribution in [0.1, 0.15) is 39.0 Å². The van der Waals surface area contributed by atoms with Crippen molar-refractivity contribution >= 4 is 32.5 Å². The van der Waals surface area contributed by atoms with Crippen molar-refractivity contribution in [1.29, 1.82) is 0 Å². The maximum absolute atomic E-state index is 12.4. The van der Waals surface area contributed by atoms with Crippen molar-refractivity contribution in [2.45, 2.75) is 60.9 Å². The van der Waals surface area contributed by atoms with Crippen LogP contribution >= 0.6 is 12.4 Å². The zero-order valence-electron chi connectivity index (χ0n) is 14.1. The largest absolute Gasteiger partial charge is 0.329 e. The first-order valence-electron chi connectivity index (χ1n) is 8.13. The van der Waals surface area contributed by atoms with Gasteiger partial charge < -0.3 is 5.73 Å². The molecular weight excluding hydrogens is 386 g/mol. The number of rotatable bonds is 10. The van der Waals surface area contributed by atoms with E-state index >= 15 is 0 Å². The number of benzene rings is 1. The minimum Gasteiger partial charge on any atom is -0.329 e. The molecule has 0 spiro atoms. The molecule has 1 fully saturated rings. The highest BCUT2D eigenvalue weighted by atomic mass is 35.5. The van der Waals surface area contributed by atoms with Gasteiger partial charge in [0.15, 0.2) is 0 Å². The van der Waals surface area contributed by atoms with Crippen molar-refractivity contribution in [3.05, 3.63) is 24.3 Å². The third-order valence-electron chi connectivity index (χ3n) is 3.86. The van der Waals surface area contributed by atoms with E-state index in [-0.39, 0.29) is 40.8 Å². The van der Waals surface area contributed by atoms with Gasteiger partial charge in [-0.1, -0.05) is 19.8 Å². The third kappa shape index (κ3) is 6.50. The van der Waals surface area contributed by atoms with Crippen molar-refractivity contribution < 1.29 is 16.8 Å². The third-order valence-corrected chi connectivity index (χ3v) is 6.93. The first-order valence-corrected chi connectivity index (χ1v) is 11.1. The monoisotopic (exact) mass is 411 g/mol. The Morgan fingerprint density at radius 1 is 1.08 bits per heavy atom. The molecule has 0 radical (unpaired) electrons. The van der Waals surface area contributed by atoms with E-state index in [9.17, 15) is 16.8 Å². The van der Waals surface area contributed by atoms with Gasteiger partial charge in [0.1, 0.15) is 0 Å². The number of halogens is 1. The van der Waals surface area contributed by atoms with E-state index in [4.69, 9.17) is 5.73 Å². The van der Waals surface area contributed by atoms with Crippen LogP contribution in [0.25, 0.3) is 0 Å². The number of hydrogen-bond donors (Lipinski definition) is 3. The van der Waals surface area contributed by atoms with Crippen molar-refractivity contribution in [1.82, 2.24) is 9.44 Å². The highest BCUT2D eigenvalue weighted by Crippen LogP contribution is 2.22. The minimum atomic E-state index is -3.72. The molecule has 4 N–H and O–H groups in total. The summed E-state index contributed by atoms with van der Waals surface area (Å²) in [6, 6.07) is 4.90. The fourth-order valence-electron chi connectivity index (χ4n) is 2.25. The summed E-state index contributed by atoms with van der Waals surface area (Å²) < 4.78 is 54.1. The van der Waals surface area contributed by atoms with Gasteiger partial charge in [0.2, 0.25) is 20.0 Å². The van der Waals surface area contributed by atoms with Gasteiger partial charge in [0.25, 0.3) is 0 Å². The molecule has 1 aliphatic rings. The van der Waals surface area contributed by atoms with Crippen LogP contribution in [0.3, 0.4) is 0 Å². The lowest BCUT2D eigenvalue weighted by atomic mass is 10.1. The molecule has 0 aliphatic heterocycles. The van der Waals surface area contributed by atoms with Gasteiger partial charge >= 0.3 is 0 Å². The van der Waals surface area contributed by atoms with E-state index in [1.165, 1.54) is 24.3 Å². The zero-order valence-corrected chi connectivity index (χ0v) is 16.6. The Hall–Kier alpha value is -0.710. The van der Waals surface area contributed by atoms with Gasteiger partial charge in [-0.05, 0) is 43.5 Å². The van der Waals surface area contributed by atoms with Gasteiger partial charge in [-0.2, -0.15) is 0 Å². The summed E-state index contributed by atoms with van der Waals surface area (Å²) in [7, 11) is -7.30. The standard InChI is InChI=1S/C15H25N3O4S2.ClH/c1-2-3-4-13(11-16)18-24(21,22)15-9-7-14(8-10-15)23(19,20)17-12-5-6-12;/h7-10,12-13,17-18H,2-6,11,16H2,1H3;1H. The van der Waals surface area contributed by atoms with Crippen LogP contribution in [-0.2, 0) is 20.0 Å². The summed E-state index contributed by atoms with van der Waals surface area (Å²) in [4.78, 5) is 0.0949. The molecule has 0 heterocycles. The second-order valence-electron chi connectivity index (χ2n) is 6.06. The van der Waals surface area contributed by atoms with Gasteiger partial charge in [0.05, 0.1) is 9.79 Å². The van der Waals surface area contributed by atoms with E-state index < -0.39 is 20.0 Å². The fraction of sp³-hybridized carbons (Fsp3) is 0.600. The number of nitrogens with two attached hydrogens (primary N) is 1. The molecule has 0 bridgehead atoms. The molecule has 10 heteroatoms. The van der Waals surface area contributed by atoms with E-state index in [0.717, 1.165) is 25.7 Å². The highest BCUT2D eigenvalue weighted by molar-refractivity contribution is 7.90. The lowest BCUT2D eigenvalue weighted by molar-refractivity contribution is 0.516. The fourth-order valence-corrected chi connectivity index (χ4v) is 4.84. The Balaban J connectivity index is 0.00000312. The molecule has 1 atom stereocenters. The minimum absolute atomic E-state index is 0. The second-order valence-corrected chi connectivity index (χ2v) is 9.49. The molecule has 1 unspecified atom stereocenters. The van der Waals surface area contributed by atoms with Crippen LogP contribution in [0.2, 0.25) is 0 Å². The molecule has 0 aromatic heterocycles. The van der Waals surface area contributed by atoms with E-state index in [1.54, 1.807) is 0 Å². The number of nitrogens with one attached hydrogen (secondary N) is 2. The lowest BCUT2D eigenvalue weighted by Crippen LogP contribution is -2.40. The molecule has 1 aromatic carbocycles. The average Bonchev–Trinajstić information content (AvgIpc) is 3.34. The number of hydrogen-bond acceptors (Lipinski definition) is 5. The molecule has 1 aromatic rings. The summed E-state index contributed by atoms with van der Waals surface area (Å²) in [6.07, 6.45) is 4.19. The molecule has 0 amide bonds. The Bertz CT molecular complexity index is 747. The molecule has 7 nitrogen and oxygen atoms in total. The normalized spacial score (nSPS) is 16.2. The smallest absolute Gasteiger partial charge is 0.240 e. The highest BCUT2D eigenvalue weighted by Gasteiger charge is 2.28. The molecule has 1 aliphatic carbocycles. The van der Waals surface area contributed by atoms with E-state index in [0.29, 0.717) is 6.42 Å². The molecular formula is C15H26ClN3O4S2. The predicted molar refractivity (Wildman–Crippen MR) is 99.7 cm³/mol. The maximum atomic E-state index is 12.4. The Morgan fingerprint density at radius 2 is 1.60 bits per heavy atom. The van der Waals surface area contributed by atoms with Gasteiger partial charge in [-0.15, -0.1) is 12.4 Å². The number of unbranched alkanes of at least 4 members (excludes halogenated alkanes) is 1. The van der Waals surface area contributed by atoms with Crippen molar-refractivity contribution in [2.75, 3.05) is 6.54 Å². The summed E-state index contributed by atoms with van der Waals surface area (Å²) in [5.74, 6) is 0. The van der Waals surface area contributed by atoms with Crippen LogP contribution in [0, 0.1) is 0 Å². The summed E-state index contributed by atoms with van der Waals surface area (Å²) in [6.45, 7) is 2.24. The summed E-state index contributed by atoms with van der Waals surface area (Å²) in [5.41, 5.74) is 5.62. The van der Waals surface area contributed by atoms with E-state index in [2.05, 4.69) is 9.44 Å². The van der Waals surface area contributed by atoms with Crippen LogP contribution in [0.4, 0.5) is 0 Å². The second kappa shape index (κ2) is 9.29. The van der Waals surface area contributed by atoms with Crippen molar-refractivity contribution in [3.63, 3.8) is 0 Å². The van der Waals surface area contributed by atoms with Crippen molar-refractivity contribution in [3.8, 4) is 0 Å². The first kappa shape index (κ1) is 22.3. The Kier molecular flexibility index (Phi) is 8.30. The topological polar surface area (TPSA) is 118 Å². The van der Waals surface area contributed by atoms with Crippen molar-refractivity contribution in [2.24, 2.45) is 5.73 Å². The molecule has 0 saturated heterocycles. The van der Waals surface area contributed by atoms with Crippen LogP contribution < -0.4 is 15.2 Å². The van der Waals surface area contributed by atoms with Crippen LogP contribution in [-0.4, -0.2) is 35.5 Å². The SMILES string of the molecule is CCCCC(CN)NS(=O)(=O)c1ccc(S(=O)(=O)NC2CC2)cc1.Cl. The average molecular weight is 412 g/mol. The summed E-state index contributed by atoms with van der Waals surface area (Å²) in [5, 5.41) is 0. The summed E-state index contributed by atoms with van der Waals surface area (Å²) >= 11 is 0. The Labute approximate surface area is 156 Å². The van der Waals surface area contributed by atoms with Crippen LogP contribution in [0.5, 0.6) is 0 Å². The molecule has 2 rings (SSSR count). The van der Waals surface area contributed by atoms with E-state index in [1.807, 2.05) is 6.92 Å².